The van der Waals surface area contributed by atoms with Crippen molar-refractivity contribution in [2.45, 2.75) is 39.0 Å². The van der Waals surface area contributed by atoms with E-state index in [1.165, 1.54) is 5.56 Å². The summed E-state index contributed by atoms with van der Waals surface area (Å²) in [5, 5.41) is 0. The zero-order valence-corrected chi connectivity index (χ0v) is 12.8. The van der Waals surface area contributed by atoms with E-state index in [1.807, 2.05) is 25.1 Å². The maximum Gasteiger partial charge on any atom is 0.325 e. The molecule has 0 fully saturated rings. The maximum atomic E-state index is 12.7. The van der Waals surface area contributed by atoms with Gasteiger partial charge in [0.2, 0.25) is 5.91 Å². The van der Waals surface area contributed by atoms with Crippen LogP contribution in [0.25, 0.3) is 0 Å². The van der Waals surface area contributed by atoms with Crippen LogP contribution in [0.2, 0.25) is 0 Å². The molecule has 1 amide bonds. The van der Waals surface area contributed by atoms with Gasteiger partial charge in [-0.25, -0.2) is 0 Å². The van der Waals surface area contributed by atoms with Crippen LogP contribution in [0.4, 0.5) is 0 Å². The number of aryl methyl sites for hydroxylation is 1. The van der Waals surface area contributed by atoms with E-state index in [2.05, 4.69) is 6.07 Å². The molecule has 0 saturated heterocycles. The van der Waals surface area contributed by atoms with E-state index in [9.17, 15) is 9.59 Å². The predicted molar refractivity (Wildman–Crippen MR) is 81.0 cm³/mol. The van der Waals surface area contributed by atoms with Crippen LogP contribution >= 0.6 is 0 Å². The standard InChI is InChI=1S/C17H23NO3/c1-3-18(12-16(19)21-4-2)17(20)15-11-7-9-13-8-5-6-10-14(13)15/h5-6,8,10,15H,3-4,7,9,11-12H2,1-2H3. The molecular formula is C17H23NO3. The lowest BCUT2D eigenvalue weighted by Gasteiger charge is -2.29. The summed E-state index contributed by atoms with van der Waals surface area (Å²) in [5.41, 5.74) is 2.38. The van der Waals surface area contributed by atoms with Crippen molar-refractivity contribution in [3.8, 4) is 0 Å². The van der Waals surface area contributed by atoms with E-state index in [1.54, 1.807) is 11.8 Å². The summed E-state index contributed by atoms with van der Waals surface area (Å²) >= 11 is 0. The summed E-state index contributed by atoms with van der Waals surface area (Å²) in [5.74, 6) is -0.418. The summed E-state index contributed by atoms with van der Waals surface area (Å²) in [6.45, 7) is 4.58. The van der Waals surface area contributed by atoms with Gasteiger partial charge < -0.3 is 9.64 Å². The van der Waals surface area contributed by atoms with Crippen molar-refractivity contribution in [2.75, 3.05) is 19.7 Å². The lowest BCUT2D eigenvalue weighted by molar-refractivity contribution is -0.149. The van der Waals surface area contributed by atoms with Crippen LogP contribution in [-0.2, 0) is 20.7 Å². The number of benzene rings is 1. The third-order valence-corrected chi connectivity index (χ3v) is 3.99. The summed E-state index contributed by atoms with van der Waals surface area (Å²) in [4.78, 5) is 26.0. The predicted octanol–water partition coefficient (Wildman–Crippen LogP) is 2.52. The second kappa shape index (κ2) is 7.25. The number of rotatable bonds is 5. The number of ether oxygens (including phenoxy) is 1. The number of carbonyl (C=O) groups excluding carboxylic acids is 2. The van der Waals surface area contributed by atoms with Crippen LogP contribution in [0.15, 0.2) is 24.3 Å². The van der Waals surface area contributed by atoms with Crippen LogP contribution in [0.1, 0.15) is 43.7 Å². The summed E-state index contributed by atoms with van der Waals surface area (Å²) < 4.78 is 4.95. The molecule has 2 rings (SSSR count). The topological polar surface area (TPSA) is 46.6 Å². The van der Waals surface area contributed by atoms with Gasteiger partial charge in [0.15, 0.2) is 0 Å². The molecule has 0 spiro atoms. The average Bonchev–Trinajstić information content (AvgIpc) is 2.51. The molecule has 21 heavy (non-hydrogen) atoms. The Morgan fingerprint density at radius 1 is 1.29 bits per heavy atom. The number of carbonyl (C=O) groups is 2. The first-order valence-corrected chi connectivity index (χ1v) is 7.69. The van der Waals surface area contributed by atoms with Gasteiger partial charge >= 0.3 is 5.97 Å². The number of likely N-dealkylation sites (N-methyl/N-ethyl adjacent to an activating group) is 1. The van der Waals surface area contributed by atoms with Crippen LogP contribution in [0.5, 0.6) is 0 Å². The Hall–Kier alpha value is -1.84. The largest absolute Gasteiger partial charge is 0.465 e. The number of amides is 1. The first-order chi connectivity index (χ1) is 10.2. The van der Waals surface area contributed by atoms with Crippen LogP contribution in [0, 0.1) is 0 Å². The molecule has 4 nitrogen and oxygen atoms in total. The Morgan fingerprint density at radius 3 is 2.76 bits per heavy atom. The highest BCUT2D eigenvalue weighted by Crippen LogP contribution is 2.32. The molecule has 0 aliphatic heterocycles. The van der Waals surface area contributed by atoms with E-state index < -0.39 is 0 Å². The van der Waals surface area contributed by atoms with Gasteiger partial charge in [-0.3, -0.25) is 9.59 Å². The Kier molecular flexibility index (Phi) is 5.37. The molecule has 1 atom stereocenters. The number of nitrogens with zero attached hydrogens (tertiary/aromatic N) is 1. The number of hydrogen-bond donors (Lipinski definition) is 0. The fourth-order valence-electron chi connectivity index (χ4n) is 2.94. The molecule has 4 heteroatoms. The lowest BCUT2D eigenvalue weighted by Crippen LogP contribution is -2.40. The van der Waals surface area contributed by atoms with E-state index in [-0.39, 0.29) is 24.3 Å². The summed E-state index contributed by atoms with van der Waals surface area (Å²) in [7, 11) is 0. The fourth-order valence-corrected chi connectivity index (χ4v) is 2.94. The van der Waals surface area contributed by atoms with Crippen LogP contribution in [0.3, 0.4) is 0 Å². The van der Waals surface area contributed by atoms with Crippen molar-refractivity contribution in [2.24, 2.45) is 0 Å². The second-order valence-electron chi connectivity index (χ2n) is 5.30. The second-order valence-corrected chi connectivity index (χ2v) is 5.30. The molecule has 0 bridgehead atoms. The average molecular weight is 289 g/mol. The smallest absolute Gasteiger partial charge is 0.325 e. The van der Waals surface area contributed by atoms with Gasteiger partial charge in [-0.2, -0.15) is 0 Å². The van der Waals surface area contributed by atoms with Gasteiger partial charge in [0.25, 0.3) is 0 Å². The zero-order chi connectivity index (χ0) is 15.2. The monoisotopic (exact) mass is 289 g/mol. The number of fused-ring (bicyclic) bond motifs is 1. The van der Waals surface area contributed by atoms with E-state index in [0.717, 1.165) is 24.8 Å². The molecule has 0 heterocycles. The SMILES string of the molecule is CCOC(=O)CN(CC)C(=O)C1CCCc2ccccc21. The lowest BCUT2D eigenvalue weighted by atomic mass is 9.82. The van der Waals surface area contributed by atoms with Crippen molar-refractivity contribution >= 4 is 11.9 Å². The van der Waals surface area contributed by atoms with Gasteiger partial charge in [0, 0.05) is 6.54 Å². The third kappa shape index (κ3) is 3.63. The highest BCUT2D eigenvalue weighted by Gasteiger charge is 2.30. The fraction of sp³-hybridized carbons (Fsp3) is 0.529. The number of esters is 1. The van der Waals surface area contributed by atoms with Crippen molar-refractivity contribution in [1.82, 2.24) is 4.90 Å². The van der Waals surface area contributed by atoms with Crippen molar-refractivity contribution in [3.05, 3.63) is 35.4 Å². The van der Waals surface area contributed by atoms with Gasteiger partial charge in [-0.1, -0.05) is 24.3 Å². The van der Waals surface area contributed by atoms with Crippen LogP contribution in [-0.4, -0.2) is 36.5 Å². The molecule has 0 radical (unpaired) electrons. The minimum atomic E-state index is -0.336. The third-order valence-electron chi connectivity index (χ3n) is 3.99. The zero-order valence-electron chi connectivity index (χ0n) is 12.8. The van der Waals surface area contributed by atoms with E-state index in [0.29, 0.717) is 13.2 Å². The summed E-state index contributed by atoms with van der Waals surface area (Å²) in [6.07, 6.45) is 2.91. The molecule has 0 saturated carbocycles. The minimum Gasteiger partial charge on any atom is -0.465 e. The molecule has 114 valence electrons. The van der Waals surface area contributed by atoms with Crippen LogP contribution < -0.4 is 0 Å². The normalized spacial score (nSPS) is 17.0. The molecule has 0 aromatic heterocycles. The molecule has 1 aromatic rings. The van der Waals surface area contributed by atoms with Crippen molar-refractivity contribution < 1.29 is 14.3 Å². The molecule has 1 unspecified atom stereocenters. The first-order valence-electron chi connectivity index (χ1n) is 7.69. The van der Waals surface area contributed by atoms with Gasteiger partial charge in [-0.15, -0.1) is 0 Å². The molecule has 1 aliphatic rings. The molecule has 0 N–H and O–H groups in total. The Labute approximate surface area is 126 Å². The Morgan fingerprint density at radius 2 is 2.05 bits per heavy atom. The number of hydrogen-bond acceptors (Lipinski definition) is 3. The van der Waals surface area contributed by atoms with Crippen molar-refractivity contribution in [3.63, 3.8) is 0 Å². The molecule has 1 aliphatic carbocycles. The highest BCUT2D eigenvalue weighted by molar-refractivity contribution is 5.87. The van der Waals surface area contributed by atoms with Gasteiger partial charge in [-0.05, 0) is 44.2 Å². The van der Waals surface area contributed by atoms with Crippen molar-refractivity contribution in [1.29, 1.82) is 0 Å². The van der Waals surface area contributed by atoms with E-state index in [4.69, 9.17) is 4.74 Å². The van der Waals surface area contributed by atoms with Gasteiger partial charge in [0.05, 0.1) is 12.5 Å². The van der Waals surface area contributed by atoms with E-state index >= 15 is 0 Å². The Bertz CT molecular complexity index is 513. The maximum absolute atomic E-state index is 12.7. The highest BCUT2D eigenvalue weighted by atomic mass is 16.5. The molecule has 1 aromatic carbocycles. The first kappa shape index (κ1) is 15.5. The Balaban J connectivity index is 2.13. The van der Waals surface area contributed by atoms with Gasteiger partial charge in [0.1, 0.15) is 6.54 Å². The minimum absolute atomic E-state index is 0.0395. The molecular weight excluding hydrogens is 266 g/mol. The quantitative estimate of drug-likeness (QED) is 0.783. The summed E-state index contributed by atoms with van der Waals surface area (Å²) in [6, 6.07) is 8.12.